The van der Waals surface area contributed by atoms with Gasteiger partial charge >= 0.3 is 0 Å². The van der Waals surface area contributed by atoms with Gasteiger partial charge in [-0.1, -0.05) is 0 Å². The maximum Gasteiger partial charge on any atom is 0.155 e. The normalized spacial score (nSPS) is 10.6. The molecule has 6 heteroatoms. The van der Waals surface area contributed by atoms with Crippen molar-refractivity contribution >= 4 is 28.3 Å². The molecule has 0 aromatic carbocycles. The third-order valence-electron chi connectivity index (χ3n) is 3.05. The van der Waals surface area contributed by atoms with Crippen molar-refractivity contribution < 1.29 is 0 Å². The molecule has 0 aliphatic rings. The van der Waals surface area contributed by atoms with E-state index in [9.17, 15) is 0 Å². The molecule has 4 rings (SSSR count). The van der Waals surface area contributed by atoms with Crippen molar-refractivity contribution in [3.63, 3.8) is 0 Å². The Morgan fingerprint density at radius 1 is 1.09 bits per heavy atom. The minimum Gasteiger partial charge on any atom is -0.233 e. The molecule has 0 aliphatic carbocycles. The van der Waals surface area contributed by atoms with Gasteiger partial charge in [-0.2, -0.15) is 5.10 Å². The van der Waals surface area contributed by atoms with Gasteiger partial charge in [-0.05, 0) is 37.0 Å². The first-order valence-corrected chi connectivity index (χ1v) is 8.32. The van der Waals surface area contributed by atoms with Gasteiger partial charge in [-0.3, -0.25) is 0 Å². The predicted octanol–water partition coefficient (Wildman–Crippen LogP) is 3.62. The quantitative estimate of drug-likeness (QED) is 0.503. The zero-order valence-electron chi connectivity index (χ0n) is 11.6. The maximum atomic E-state index is 4.59. The van der Waals surface area contributed by atoms with Gasteiger partial charge in [-0.15, -0.1) is 22.7 Å². The van der Waals surface area contributed by atoms with E-state index in [-0.39, 0.29) is 0 Å². The Morgan fingerprint density at radius 2 is 2.05 bits per heavy atom. The minimum absolute atomic E-state index is 0.830. The van der Waals surface area contributed by atoms with E-state index >= 15 is 0 Å². The lowest BCUT2D eigenvalue weighted by atomic mass is 10.3. The largest absolute Gasteiger partial charge is 0.233 e. The number of thiophene rings is 1. The summed E-state index contributed by atoms with van der Waals surface area (Å²) in [5.41, 5.74) is 2.61. The van der Waals surface area contributed by atoms with Crippen molar-refractivity contribution in [2.24, 2.45) is 0 Å². The van der Waals surface area contributed by atoms with Crippen LogP contribution in [0.3, 0.4) is 0 Å². The van der Waals surface area contributed by atoms with Crippen LogP contribution in [0.1, 0.15) is 15.6 Å². The summed E-state index contributed by atoms with van der Waals surface area (Å²) in [6, 6.07) is 7.93. The molecular weight excluding hydrogens is 312 g/mol. The van der Waals surface area contributed by atoms with E-state index in [1.165, 1.54) is 0 Å². The molecule has 0 radical (unpaired) electrons. The van der Waals surface area contributed by atoms with E-state index in [4.69, 9.17) is 0 Å². The van der Waals surface area contributed by atoms with Crippen molar-refractivity contribution in [1.82, 2.24) is 19.6 Å². The summed E-state index contributed by atoms with van der Waals surface area (Å²) < 4.78 is 1.75. The maximum absolute atomic E-state index is 4.59. The average molecular weight is 322 g/mol. The number of hydrogen-bond acceptors (Lipinski definition) is 5. The molecule has 22 heavy (non-hydrogen) atoms. The van der Waals surface area contributed by atoms with Crippen LogP contribution in [-0.4, -0.2) is 19.6 Å². The summed E-state index contributed by atoms with van der Waals surface area (Å²) in [4.78, 5) is 11.0. The molecule has 0 fully saturated rings. The predicted molar refractivity (Wildman–Crippen MR) is 89.1 cm³/mol. The Kier molecular flexibility index (Phi) is 3.22. The molecule has 4 nitrogen and oxygen atoms in total. The molecule has 0 saturated heterocycles. The van der Waals surface area contributed by atoms with Crippen molar-refractivity contribution in [3.8, 4) is 22.4 Å². The van der Waals surface area contributed by atoms with Gasteiger partial charge in [0.15, 0.2) is 5.65 Å². The van der Waals surface area contributed by atoms with Crippen LogP contribution in [0.5, 0.6) is 0 Å². The monoisotopic (exact) mass is 322 g/mol. The summed E-state index contributed by atoms with van der Waals surface area (Å²) in [6.45, 7) is 1.98. The fourth-order valence-electron chi connectivity index (χ4n) is 2.04. The minimum atomic E-state index is 0.830. The Balaban J connectivity index is 1.64. The zero-order chi connectivity index (χ0) is 14.9. The SMILES string of the molecule is Cc1nc(C#Cc2ccc(-c3ccn4nccc4n3)s2)cs1. The molecule has 4 aromatic heterocycles. The molecule has 0 unspecified atom stereocenters. The molecule has 0 aliphatic heterocycles. The van der Waals surface area contributed by atoms with E-state index in [1.54, 1.807) is 33.4 Å². The summed E-state index contributed by atoms with van der Waals surface area (Å²) in [5.74, 6) is 6.26. The van der Waals surface area contributed by atoms with Crippen molar-refractivity contribution in [2.75, 3.05) is 0 Å². The molecule has 4 aromatic rings. The number of aromatic nitrogens is 4. The third kappa shape index (κ3) is 2.52. The van der Waals surface area contributed by atoms with Gasteiger partial charge in [0, 0.05) is 17.6 Å². The number of nitrogens with zero attached hydrogens (tertiary/aromatic N) is 4. The molecule has 106 valence electrons. The Labute approximate surface area is 135 Å². The van der Waals surface area contributed by atoms with Gasteiger partial charge < -0.3 is 0 Å². The topological polar surface area (TPSA) is 43.1 Å². The fraction of sp³-hybridized carbons (Fsp3) is 0.0625. The standard InChI is InChI=1S/C16H10N4S2/c1-11-18-12(10-21-11)2-3-13-4-5-15(22-13)14-7-9-20-16(19-14)6-8-17-20/h4-10H,1H3. The molecule has 0 amide bonds. The van der Waals surface area contributed by atoms with Crippen LogP contribution < -0.4 is 0 Å². The Hall–Kier alpha value is -2.49. The number of hydrogen-bond donors (Lipinski definition) is 0. The van der Waals surface area contributed by atoms with Crippen LogP contribution in [0.2, 0.25) is 0 Å². The number of thiazole rings is 1. The van der Waals surface area contributed by atoms with Gasteiger partial charge in [0.2, 0.25) is 0 Å². The lowest BCUT2D eigenvalue weighted by Gasteiger charge is -1.97. The van der Waals surface area contributed by atoms with E-state index in [0.29, 0.717) is 0 Å². The first kappa shape index (κ1) is 13.2. The van der Waals surface area contributed by atoms with Crippen LogP contribution >= 0.6 is 22.7 Å². The van der Waals surface area contributed by atoms with E-state index in [1.807, 2.05) is 36.7 Å². The van der Waals surface area contributed by atoms with Gasteiger partial charge in [0.25, 0.3) is 0 Å². The highest BCUT2D eigenvalue weighted by Gasteiger charge is 2.05. The van der Waals surface area contributed by atoms with Crippen molar-refractivity contribution in [2.45, 2.75) is 6.92 Å². The molecule has 0 spiro atoms. The van der Waals surface area contributed by atoms with Gasteiger partial charge in [-0.25, -0.2) is 14.5 Å². The van der Waals surface area contributed by atoms with Gasteiger partial charge in [0.1, 0.15) is 5.69 Å². The molecule has 4 heterocycles. The number of aryl methyl sites for hydroxylation is 1. The van der Waals surface area contributed by atoms with Crippen molar-refractivity contribution in [3.05, 3.63) is 57.6 Å². The van der Waals surface area contributed by atoms with E-state index in [2.05, 4.69) is 33.0 Å². The zero-order valence-corrected chi connectivity index (χ0v) is 13.3. The number of fused-ring (bicyclic) bond motifs is 1. The second-order valence-electron chi connectivity index (χ2n) is 4.61. The second kappa shape index (κ2) is 5.37. The third-order valence-corrected chi connectivity index (χ3v) is 4.85. The lowest BCUT2D eigenvalue weighted by molar-refractivity contribution is 0.941. The second-order valence-corrected chi connectivity index (χ2v) is 6.76. The van der Waals surface area contributed by atoms with Crippen LogP contribution in [0.25, 0.3) is 16.2 Å². The molecule has 0 saturated carbocycles. The Morgan fingerprint density at radius 3 is 2.91 bits per heavy atom. The molecule has 0 atom stereocenters. The van der Waals surface area contributed by atoms with Crippen molar-refractivity contribution in [1.29, 1.82) is 0 Å². The first-order chi connectivity index (χ1) is 10.8. The van der Waals surface area contributed by atoms with E-state index < -0.39 is 0 Å². The van der Waals surface area contributed by atoms with Crippen LogP contribution in [0.15, 0.2) is 42.0 Å². The highest BCUT2D eigenvalue weighted by Crippen LogP contribution is 2.26. The smallest absolute Gasteiger partial charge is 0.155 e. The summed E-state index contributed by atoms with van der Waals surface area (Å²) >= 11 is 3.25. The summed E-state index contributed by atoms with van der Waals surface area (Å²) in [6.07, 6.45) is 3.66. The van der Waals surface area contributed by atoms with Crippen LogP contribution in [-0.2, 0) is 0 Å². The lowest BCUT2D eigenvalue weighted by Crippen LogP contribution is -1.89. The highest BCUT2D eigenvalue weighted by atomic mass is 32.1. The first-order valence-electron chi connectivity index (χ1n) is 6.63. The summed E-state index contributed by atoms with van der Waals surface area (Å²) in [5, 5.41) is 7.17. The average Bonchev–Trinajstić information content (AvgIpc) is 3.24. The Bertz CT molecular complexity index is 1010. The molecular formula is C16H10N4S2. The van der Waals surface area contributed by atoms with Crippen LogP contribution in [0.4, 0.5) is 0 Å². The molecule has 0 bridgehead atoms. The highest BCUT2D eigenvalue weighted by molar-refractivity contribution is 7.16. The van der Waals surface area contributed by atoms with E-state index in [0.717, 1.165) is 31.8 Å². The summed E-state index contributed by atoms with van der Waals surface area (Å²) in [7, 11) is 0. The van der Waals surface area contributed by atoms with Gasteiger partial charge in [0.05, 0.1) is 26.7 Å². The van der Waals surface area contributed by atoms with Crippen LogP contribution in [0, 0.1) is 18.8 Å². The fourth-order valence-corrected chi connectivity index (χ4v) is 3.41. The number of rotatable bonds is 1. The molecule has 0 N–H and O–H groups in total.